The van der Waals surface area contributed by atoms with E-state index < -0.39 is 5.91 Å². The molecule has 3 rings (SSSR count). The van der Waals surface area contributed by atoms with Gasteiger partial charge in [-0.3, -0.25) is 4.79 Å². The molecule has 0 unspecified atom stereocenters. The van der Waals surface area contributed by atoms with Crippen molar-refractivity contribution in [3.05, 3.63) is 65.6 Å². The Hall–Kier alpha value is -3.08. The maximum atomic E-state index is 12.0. The fourth-order valence-electron chi connectivity index (χ4n) is 2.46. The average molecular weight is 322 g/mol. The number of ether oxygens (including phenoxy) is 1. The van der Waals surface area contributed by atoms with Gasteiger partial charge in [-0.05, 0) is 42.8 Å². The van der Waals surface area contributed by atoms with E-state index in [1.165, 1.54) is 0 Å². The number of rotatable bonds is 5. The number of aryl methyl sites for hydroxylation is 1. The molecule has 1 aromatic heterocycles. The van der Waals surface area contributed by atoms with Crippen LogP contribution < -0.4 is 10.2 Å². The van der Waals surface area contributed by atoms with Crippen molar-refractivity contribution in [2.75, 3.05) is 6.61 Å². The molecule has 1 amide bonds. The van der Waals surface area contributed by atoms with Crippen LogP contribution in [0, 0.1) is 6.92 Å². The van der Waals surface area contributed by atoms with Crippen LogP contribution in [0.4, 0.5) is 0 Å². The molecule has 1 heterocycles. The molecule has 0 fully saturated rings. The lowest BCUT2D eigenvalue weighted by Crippen LogP contribution is -2.16. The second kappa shape index (κ2) is 7.00. The largest absolute Gasteiger partial charge is 0.493 e. The van der Waals surface area contributed by atoms with E-state index in [0.717, 1.165) is 22.1 Å². The van der Waals surface area contributed by atoms with Crippen molar-refractivity contribution < 1.29 is 13.9 Å². The van der Waals surface area contributed by atoms with Crippen LogP contribution in [0.25, 0.3) is 10.8 Å². The van der Waals surface area contributed by atoms with Crippen molar-refractivity contribution in [1.29, 1.82) is 0 Å². The molecule has 0 aliphatic heterocycles. The van der Waals surface area contributed by atoms with E-state index in [4.69, 9.17) is 9.15 Å². The van der Waals surface area contributed by atoms with E-state index in [9.17, 15) is 4.79 Å². The molecule has 2 aromatic carbocycles. The predicted molar refractivity (Wildman–Crippen MR) is 93.6 cm³/mol. The molecule has 3 aromatic rings. The number of fused-ring (bicyclic) bond motifs is 1. The first-order chi connectivity index (χ1) is 11.7. The fraction of sp³-hybridized carbons (Fsp3) is 0.158. The average Bonchev–Trinajstić information content (AvgIpc) is 3.03. The molecule has 122 valence electrons. The topological polar surface area (TPSA) is 63.8 Å². The number of nitrogens with one attached hydrogen (secondary N) is 1. The summed E-state index contributed by atoms with van der Waals surface area (Å²) in [6.07, 6.45) is 1.60. The minimum atomic E-state index is -0.391. The van der Waals surface area contributed by atoms with E-state index in [0.29, 0.717) is 12.4 Å². The zero-order chi connectivity index (χ0) is 16.9. The molecule has 0 radical (unpaired) electrons. The SMILES string of the molecule is CCOc1ccc2ccccc2c1/C=N\NC(=O)c1ccc(C)o1. The standard InChI is InChI=1S/C19H18N2O3/c1-3-23-17-11-9-14-6-4-5-7-15(14)16(17)12-20-21-19(22)18-10-8-13(2)24-18/h4-12H,3H2,1-2H3,(H,21,22)/b20-12-. The van der Waals surface area contributed by atoms with Gasteiger partial charge in [0.2, 0.25) is 0 Å². The van der Waals surface area contributed by atoms with Gasteiger partial charge in [-0.1, -0.05) is 30.3 Å². The summed E-state index contributed by atoms with van der Waals surface area (Å²) in [5.74, 6) is 1.24. The Morgan fingerprint density at radius 3 is 2.79 bits per heavy atom. The number of benzene rings is 2. The van der Waals surface area contributed by atoms with E-state index >= 15 is 0 Å². The molecule has 0 aliphatic rings. The molecule has 5 heteroatoms. The monoisotopic (exact) mass is 322 g/mol. The van der Waals surface area contributed by atoms with Crippen LogP contribution in [-0.2, 0) is 0 Å². The number of amides is 1. The molecule has 0 aliphatic carbocycles. The van der Waals surface area contributed by atoms with Crippen LogP contribution in [0.15, 0.2) is 58.0 Å². The number of nitrogens with zero attached hydrogens (tertiary/aromatic N) is 1. The molecule has 24 heavy (non-hydrogen) atoms. The van der Waals surface area contributed by atoms with Gasteiger partial charge in [0.05, 0.1) is 12.8 Å². The molecule has 5 nitrogen and oxygen atoms in total. The summed E-state index contributed by atoms with van der Waals surface area (Å²) in [6, 6.07) is 15.2. The summed E-state index contributed by atoms with van der Waals surface area (Å²) in [4.78, 5) is 12.0. The van der Waals surface area contributed by atoms with Gasteiger partial charge < -0.3 is 9.15 Å². The lowest BCUT2D eigenvalue weighted by Gasteiger charge is -2.10. The summed E-state index contributed by atoms with van der Waals surface area (Å²) in [5, 5.41) is 6.14. The molecule has 0 spiro atoms. The Kier molecular flexibility index (Phi) is 4.61. The quantitative estimate of drug-likeness (QED) is 0.572. The Bertz CT molecular complexity index is 897. The first kappa shape index (κ1) is 15.8. The van der Waals surface area contributed by atoms with Gasteiger partial charge in [0.1, 0.15) is 11.5 Å². The van der Waals surface area contributed by atoms with Crippen molar-refractivity contribution in [2.24, 2.45) is 5.10 Å². The van der Waals surface area contributed by atoms with Gasteiger partial charge in [-0.25, -0.2) is 5.43 Å². The third-order valence-corrected chi connectivity index (χ3v) is 3.55. The molecule has 0 atom stereocenters. The number of hydrogen-bond acceptors (Lipinski definition) is 4. The lowest BCUT2D eigenvalue weighted by molar-refractivity contribution is 0.0926. The molecular formula is C19H18N2O3. The Morgan fingerprint density at radius 1 is 1.21 bits per heavy atom. The van der Waals surface area contributed by atoms with E-state index in [2.05, 4.69) is 10.5 Å². The van der Waals surface area contributed by atoms with Crippen LogP contribution in [0.5, 0.6) is 5.75 Å². The Morgan fingerprint density at radius 2 is 2.04 bits per heavy atom. The zero-order valence-corrected chi connectivity index (χ0v) is 13.6. The molecular weight excluding hydrogens is 304 g/mol. The minimum Gasteiger partial charge on any atom is -0.493 e. The smallest absolute Gasteiger partial charge is 0.307 e. The first-order valence-corrected chi connectivity index (χ1v) is 7.73. The lowest BCUT2D eigenvalue weighted by atomic mass is 10.0. The predicted octanol–water partition coefficient (Wildman–Crippen LogP) is 3.90. The Labute approximate surface area is 139 Å². The zero-order valence-electron chi connectivity index (χ0n) is 13.6. The second-order valence-electron chi connectivity index (χ2n) is 5.24. The Balaban J connectivity index is 1.87. The summed E-state index contributed by atoms with van der Waals surface area (Å²) >= 11 is 0. The van der Waals surface area contributed by atoms with Gasteiger partial charge in [0.15, 0.2) is 5.76 Å². The highest BCUT2D eigenvalue weighted by Gasteiger charge is 2.09. The maximum absolute atomic E-state index is 12.0. The highest BCUT2D eigenvalue weighted by atomic mass is 16.5. The van der Waals surface area contributed by atoms with Gasteiger partial charge in [0.25, 0.3) is 0 Å². The minimum absolute atomic E-state index is 0.229. The van der Waals surface area contributed by atoms with Crippen LogP contribution in [-0.4, -0.2) is 18.7 Å². The van der Waals surface area contributed by atoms with Gasteiger partial charge in [-0.2, -0.15) is 5.10 Å². The summed E-state index contributed by atoms with van der Waals surface area (Å²) in [6.45, 7) is 4.26. The van der Waals surface area contributed by atoms with E-state index in [-0.39, 0.29) is 5.76 Å². The summed E-state index contributed by atoms with van der Waals surface area (Å²) < 4.78 is 10.9. The number of carbonyl (C=O) groups excluding carboxylic acids is 1. The van der Waals surface area contributed by atoms with Crippen LogP contribution in [0.3, 0.4) is 0 Å². The van der Waals surface area contributed by atoms with E-state index in [1.807, 2.05) is 43.3 Å². The number of hydrogen-bond donors (Lipinski definition) is 1. The second-order valence-corrected chi connectivity index (χ2v) is 5.24. The van der Waals surface area contributed by atoms with Crippen molar-refractivity contribution >= 4 is 22.9 Å². The molecule has 0 bridgehead atoms. The molecule has 0 saturated carbocycles. The molecule has 0 saturated heterocycles. The summed E-state index contributed by atoms with van der Waals surface area (Å²) in [7, 11) is 0. The normalized spacial score (nSPS) is 11.1. The molecule has 1 N–H and O–H groups in total. The number of carbonyl (C=O) groups is 1. The maximum Gasteiger partial charge on any atom is 0.307 e. The van der Waals surface area contributed by atoms with Crippen LogP contribution in [0.1, 0.15) is 28.8 Å². The van der Waals surface area contributed by atoms with Crippen molar-refractivity contribution in [1.82, 2.24) is 5.43 Å². The number of furan rings is 1. The van der Waals surface area contributed by atoms with Crippen molar-refractivity contribution in [2.45, 2.75) is 13.8 Å². The number of hydrazone groups is 1. The van der Waals surface area contributed by atoms with Crippen molar-refractivity contribution in [3.8, 4) is 5.75 Å². The van der Waals surface area contributed by atoms with Gasteiger partial charge in [-0.15, -0.1) is 0 Å². The van der Waals surface area contributed by atoms with Crippen LogP contribution >= 0.6 is 0 Å². The third kappa shape index (κ3) is 3.30. The van der Waals surface area contributed by atoms with Gasteiger partial charge in [0, 0.05) is 5.56 Å². The fourth-order valence-corrected chi connectivity index (χ4v) is 2.46. The van der Waals surface area contributed by atoms with Crippen molar-refractivity contribution in [3.63, 3.8) is 0 Å². The van der Waals surface area contributed by atoms with Gasteiger partial charge >= 0.3 is 5.91 Å². The third-order valence-electron chi connectivity index (χ3n) is 3.55. The summed E-state index contributed by atoms with van der Waals surface area (Å²) in [5.41, 5.74) is 3.30. The highest BCUT2D eigenvalue weighted by molar-refractivity contribution is 6.03. The van der Waals surface area contributed by atoms with Crippen LogP contribution in [0.2, 0.25) is 0 Å². The highest BCUT2D eigenvalue weighted by Crippen LogP contribution is 2.26. The van der Waals surface area contributed by atoms with E-state index in [1.54, 1.807) is 25.3 Å². The first-order valence-electron chi connectivity index (χ1n) is 7.73.